The molecule has 1 aliphatic rings. The zero-order valence-electron chi connectivity index (χ0n) is 9.41. The zero-order chi connectivity index (χ0) is 12.6. The minimum atomic E-state index is -4.49. The highest BCUT2D eigenvalue weighted by Crippen LogP contribution is 2.37. The van der Waals surface area contributed by atoms with E-state index >= 15 is 0 Å². The van der Waals surface area contributed by atoms with Gasteiger partial charge in [0.2, 0.25) is 5.82 Å². The van der Waals surface area contributed by atoms with Crippen LogP contribution in [0.15, 0.2) is 12.4 Å². The van der Waals surface area contributed by atoms with Gasteiger partial charge >= 0.3 is 6.18 Å². The maximum absolute atomic E-state index is 12.3. The van der Waals surface area contributed by atoms with Crippen molar-refractivity contribution in [2.75, 3.05) is 0 Å². The third-order valence-corrected chi connectivity index (χ3v) is 3.19. The molecule has 0 spiro atoms. The molecule has 2 atom stereocenters. The van der Waals surface area contributed by atoms with Crippen molar-refractivity contribution in [1.82, 2.24) is 9.97 Å². The lowest BCUT2D eigenvalue weighted by Crippen LogP contribution is -2.29. The van der Waals surface area contributed by atoms with E-state index in [0.717, 1.165) is 12.8 Å². The molecule has 0 amide bonds. The molecule has 3 nitrogen and oxygen atoms in total. The van der Waals surface area contributed by atoms with Gasteiger partial charge in [-0.25, -0.2) is 9.97 Å². The van der Waals surface area contributed by atoms with E-state index in [9.17, 15) is 13.2 Å². The van der Waals surface area contributed by atoms with Crippen molar-refractivity contribution >= 4 is 0 Å². The molecule has 0 aromatic carbocycles. The van der Waals surface area contributed by atoms with Crippen LogP contribution in [0.3, 0.4) is 0 Å². The fraction of sp³-hybridized carbons (Fsp3) is 0.636. The topological polar surface area (TPSA) is 51.8 Å². The van der Waals surface area contributed by atoms with Crippen molar-refractivity contribution < 1.29 is 13.2 Å². The summed E-state index contributed by atoms with van der Waals surface area (Å²) in [6.07, 6.45) is 0.172. The molecule has 1 saturated carbocycles. The second-order valence-electron chi connectivity index (χ2n) is 4.54. The molecule has 94 valence electrons. The zero-order valence-corrected chi connectivity index (χ0v) is 9.41. The van der Waals surface area contributed by atoms with Gasteiger partial charge in [-0.15, -0.1) is 0 Å². The van der Waals surface area contributed by atoms with Gasteiger partial charge in [0.1, 0.15) is 0 Å². The van der Waals surface area contributed by atoms with Crippen molar-refractivity contribution in [3.8, 4) is 0 Å². The van der Waals surface area contributed by atoms with Gasteiger partial charge in [0.25, 0.3) is 0 Å². The van der Waals surface area contributed by atoms with E-state index in [4.69, 9.17) is 5.73 Å². The van der Waals surface area contributed by atoms with Gasteiger partial charge < -0.3 is 5.73 Å². The predicted octanol–water partition coefficient (Wildman–Crippen LogP) is 2.34. The van der Waals surface area contributed by atoms with E-state index in [1.165, 1.54) is 12.4 Å². The first-order valence-corrected chi connectivity index (χ1v) is 5.54. The Hall–Kier alpha value is -1.17. The molecule has 1 aromatic rings. The Morgan fingerprint density at radius 1 is 1.29 bits per heavy atom. The van der Waals surface area contributed by atoms with E-state index in [0.29, 0.717) is 11.5 Å². The first-order chi connectivity index (χ1) is 7.89. The summed E-state index contributed by atoms with van der Waals surface area (Å²) in [5.41, 5.74) is 6.66. The van der Waals surface area contributed by atoms with Crippen LogP contribution in [0.5, 0.6) is 0 Å². The van der Waals surface area contributed by atoms with Crippen molar-refractivity contribution in [2.45, 2.75) is 37.9 Å². The molecule has 0 radical (unpaired) electrons. The molecule has 1 aromatic heterocycles. The van der Waals surface area contributed by atoms with E-state index < -0.39 is 12.0 Å². The van der Waals surface area contributed by atoms with Crippen molar-refractivity contribution in [3.63, 3.8) is 0 Å². The van der Waals surface area contributed by atoms with Crippen molar-refractivity contribution in [3.05, 3.63) is 23.8 Å². The molecule has 1 heterocycles. The monoisotopic (exact) mass is 245 g/mol. The number of hydrogen-bond acceptors (Lipinski definition) is 3. The van der Waals surface area contributed by atoms with Crippen LogP contribution in [0.1, 0.15) is 37.1 Å². The Morgan fingerprint density at radius 3 is 2.24 bits per heavy atom. The molecule has 1 fully saturated rings. The quantitative estimate of drug-likeness (QED) is 0.889. The number of halogens is 3. The van der Waals surface area contributed by atoms with Gasteiger partial charge in [0, 0.05) is 18.4 Å². The van der Waals surface area contributed by atoms with Gasteiger partial charge in [-0.05, 0) is 30.2 Å². The highest BCUT2D eigenvalue weighted by Gasteiger charge is 2.35. The van der Waals surface area contributed by atoms with Crippen molar-refractivity contribution in [2.24, 2.45) is 11.7 Å². The van der Waals surface area contributed by atoms with Gasteiger partial charge in [-0.3, -0.25) is 0 Å². The minimum Gasteiger partial charge on any atom is -0.327 e. The van der Waals surface area contributed by atoms with Crippen LogP contribution in [0.4, 0.5) is 13.2 Å². The SMILES string of the molecule is CC(c1cnc(C(F)(F)F)nc1)C(N)C1CC1. The Labute approximate surface area is 97.3 Å². The second-order valence-corrected chi connectivity index (χ2v) is 4.54. The van der Waals surface area contributed by atoms with E-state index in [2.05, 4.69) is 9.97 Å². The molecule has 0 aliphatic heterocycles. The van der Waals surface area contributed by atoms with Gasteiger partial charge in [0.05, 0.1) is 0 Å². The molecule has 2 rings (SSSR count). The highest BCUT2D eigenvalue weighted by molar-refractivity contribution is 5.15. The molecule has 17 heavy (non-hydrogen) atoms. The minimum absolute atomic E-state index is 0.00946. The number of aromatic nitrogens is 2. The van der Waals surface area contributed by atoms with E-state index in [1.807, 2.05) is 6.92 Å². The first kappa shape index (κ1) is 12.3. The third kappa shape index (κ3) is 2.74. The summed E-state index contributed by atoms with van der Waals surface area (Å²) >= 11 is 0. The number of nitrogens with two attached hydrogens (primary N) is 1. The van der Waals surface area contributed by atoms with Gasteiger partial charge in [-0.1, -0.05) is 6.92 Å². The molecular formula is C11H14F3N3. The summed E-state index contributed by atoms with van der Waals surface area (Å²) in [4.78, 5) is 6.68. The van der Waals surface area contributed by atoms with Gasteiger partial charge in [0.15, 0.2) is 0 Å². The summed E-state index contributed by atoms with van der Waals surface area (Å²) in [6.45, 7) is 1.90. The van der Waals surface area contributed by atoms with Crippen LogP contribution < -0.4 is 5.73 Å². The third-order valence-electron chi connectivity index (χ3n) is 3.19. The lowest BCUT2D eigenvalue weighted by atomic mass is 9.93. The summed E-state index contributed by atoms with van der Waals surface area (Å²) < 4.78 is 36.8. The molecule has 1 aliphatic carbocycles. The lowest BCUT2D eigenvalue weighted by molar-refractivity contribution is -0.145. The Balaban J connectivity index is 2.11. The van der Waals surface area contributed by atoms with Crippen LogP contribution in [0.2, 0.25) is 0 Å². The van der Waals surface area contributed by atoms with Crippen LogP contribution in [-0.2, 0) is 6.18 Å². The Kier molecular flexibility index (Phi) is 3.07. The fourth-order valence-corrected chi connectivity index (χ4v) is 1.83. The fourth-order valence-electron chi connectivity index (χ4n) is 1.83. The maximum atomic E-state index is 12.3. The standard InChI is InChI=1S/C11H14F3N3/c1-6(9(15)7-2-3-7)8-4-16-10(17-5-8)11(12,13)14/h4-7,9H,2-3,15H2,1H3. The largest absolute Gasteiger partial charge is 0.451 e. The average Bonchev–Trinajstić information content (AvgIpc) is 3.10. The lowest BCUT2D eigenvalue weighted by Gasteiger charge is -2.19. The number of rotatable bonds is 3. The number of nitrogens with zero attached hydrogens (tertiary/aromatic N) is 2. The van der Waals surface area contributed by atoms with Crippen LogP contribution in [0.25, 0.3) is 0 Å². The first-order valence-electron chi connectivity index (χ1n) is 5.54. The molecule has 2 N–H and O–H groups in total. The number of hydrogen-bond donors (Lipinski definition) is 1. The molecule has 2 unspecified atom stereocenters. The molecule has 0 saturated heterocycles. The highest BCUT2D eigenvalue weighted by atomic mass is 19.4. The normalized spacial score (nSPS) is 20.1. The van der Waals surface area contributed by atoms with Gasteiger partial charge in [-0.2, -0.15) is 13.2 Å². The summed E-state index contributed by atoms with van der Waals surface area (Å²) in [5.74, 6) is -0.620. The Bertz CT molecular complexity index is 384. The predicted molar refractivity (Wildman–Crippen MR) is 56.1 cm³/mol. The Morgan fingerprint density at radius 2 is 1.82 bits per heavy atom. The van der Waals surface area contributed by atoms with Crippen LogP contribution in [-0.4, -0.2) is 16.0 Å². The summed E-state index contributed by atoms with van der Waals surface area (Å²) in [7, 11) is 0. The summed E-state index contributed by atoms with van der Waals surface area (Å²) in [5, 5.41) is 0. The van der Waals surface area contributed by atoms with E-state index in [-0.39, 0.29) is 12.0 Å². The second kappa shape index (κ2) is 4.25. The van der Waals surface area contributed by atoms with Crippen molar-refractivity contribution in [1.29, 1.82) is 0 Å². The molecule has 0 bridgehead atoms. The number of alkyl halides is 3. The molecular weight excluding hydrogens is 231 g/mol. The smallest absolute Gasteiger partial charge is 0.327 e. The van der Waals surface area contributed by atoms with E-state index in [1.54, 1.807) is 0 Å². The maximum Gasteiger partial charge on any atom is 0.451 e. The molecule has 6 heteroatoms. The summed E-state index contributed by atoms with van der Waals surface area (Å²) in [6, 6.07) is -0.0182. The van der Waals surface area contributed by atoms with Crippen LogP contribution in [0, 0.1) is 5.92 Å². The van der Waals surface area contributed by atoms with Crippen LogP contribution >= 0.6 is 0 Å². The average molecular weight is 245 g/mol.